The van der Waals surface area contributed by atoms with Crippen LogP contribution in [0.15, 0.2) is 60.7 Å². The molecule has 3 aromatic carbocycles. The minimum Gasteiger partial charge on any atom is -0.454 e. The maximum absolute atomic E-state index is 14.1. The van der Waals surface area contributed by atoms with E-state index in [4.69, 9.17) is 10.5 Å². The Balaban J connectivity index is 1.99. The lowest BCUT2D eigenvalue weighted by Crippen LogP contribution is -2.05. The average Bonchev–Trinajstić information content (AvgIpc) is 2.49. The highest BCUT2D eigenvalue weighted by molar-refractivity contribution is 5.88. The first kappa shape index (κ1) is 13.6. The van der Waals surface area contributed by atoms with Gasteiger partial charge in [-0.05, 0) is 36.1 Å². The third kappa shape index (κ3) is 2.73. The number of fused-ring (bicyclic) bond motifs is 1. The van der Waals surface area contributed by atoms with E-state index < -0.39 is 5.82 Å². The van der Waals surface area contributed by atoms with Gasteiger partial charge in [-0.3, -0.25) is 0 Å². The number of benzene rings is 3. The molecule has 0 aromatic heterocycles. The lowest BCUT2D eigenvalue weighted by atomic mass is 10.1. The van der Waals surface area contributed by atoms with Crippen LogP contribution >= 0.6 is 0 Å². The van der Waals surface area contributed by atoms with Crippen molar-refractivity contribution >= 4 is 10.8 Å². The second-order valence-corrected chi connectivity index (χ2v) is 5.06. The summed E-state index contributed by atoms with van der Waals surface area (Å²) in [6, 6.07) is 18.2. The van der Waals surface area contributed by atoms with E-state index >= 15 is 0 Å². The SMILES string of the molecule is CC(N)c1ccc(Oc2cccc3ccccc23)c(F)c1. The Morgan fingerprint density at radius 3 is 2.48 bits per heavy atom. The Hall–Kier alpha value is -2.39. The second kappa shape index (κ2) is 5.54. The lowest BCUT2D eigenvalue weighted by Gasteiger charge is -2.12. The molecule has 0 spiro atoms. The van der Waals surface area contributed by atoms with Crippen LogP contribution in [-0.4, -0.2) is 0 Å². The van der Waals surface area contributed by atoms with E-state index in [1.54, 1.807) is 12.1 Å². The van der Waals surface area contributed by atoms with E-state index in [1.807, 2.05) is 49.4 Å². The van der Waals surface area contributed by atoms with E-state index in [9.17, 15) is 4.39 Å². The van der Waals surface area contributed by atoms with Crippen LogP contribution in [0.2, 0.25) is 0 Å². The van der Waals surface area contributed by atoms with Gasteiger partial charge in [0.1, 0.15) is 5.75 Å². The van der Waals surface area contributed by atoms with Crippen molar-refractivity contribution in [3.05, 3.63) is 72.0 Å². The van der Waals surface area contributed by atoms with E-state index in [0.29, 0.717) is 5.75 Å². The van der Waals surface area contributed by atoms with E-state index in [2.05, 4.69) is 0 Å². The predicted molar refractivity (Wildman–Crippen MR) is 83.0 cm³/mol. The lowest BCUT2D eigenvalue weighted by molar-refractivity contribution is 0.445. The van der Waals surface area contributed by atoms with Gasteiger partial charge in [-0.15, -0.1) is 0 Å². The molecule has 1 atom stereocenters. The Kier molecular flexibility index (Phi) is 3.59. The van der Waals surface area contributed by atoms with Gasteiger partial charge in [-0.2, -0.15) is 0 Å². The summed E-state index contributed by atoms with van der Waals surface area (Å²) in [6.07, 6.45) is 0. The molecule has 0 fully saturated rings. The first-order valence-corrected chi connectivity index (χ1v) is 6.86. The quantitative estimate of drug-likeness (QED) is 0.749. The van der Waals surface area contributed by atoms with Crippen molar-refractivity contribution in [2.45, 2.75) is 13.0 Å². The van der Waals surface area contributed by atoms with E-state index in [0.717, 1.165) is 16.3 Å². The van der Waals surface area contributed by atoms with Gasteiger partial charge < -0.3 is 10.5 Å². The van der Waals surface area contributed by atoms with Crippen LogP contribution in [-0.2, 0) is 0 Å². The largest absolute Gasteiger partial charge is 0.454 e. The van der Waals surface area contributed by atoms with Crippen molar-refractivity contribution in [2.75, 3.05) is 0 Å². The molecule has 3 aromatic rings. The summed E-state index contributed by atoms with van der Waals surface area (Å²) >= 11 is 0. The number of hydrogen-bond donors (Lipinski definition) is 1. The Labute approximate surface area is 123 Å². The maximum Gasteiger partial charge on any atom is 0.166 e. The summed E-state index contributed by atoms with van der Waals surface area (Å²) in [5.74, 6) is 0.439. The van der Waals surface area contributed by atoms with Crippen LogP contribution < -0.4 is 10.5 Å². The van der Waals surface area contributed by atoms with Crippen LogP contribution in [0.1, 0.15) is 18.5 Å². The third-order valence-corrected chi connectivity index (χ3v) is 3.45. The van der Waals surface area contributed by atoms with Crippen molar-refractivity contribution in [2.24, 2.45) is 5.73 Å². The van der Waals surface area contributed by atoms with Gasteiger partial charge >= 0.3 is 0 Å². The molecular formula is C18H16FNO. The van der Waals surface area contributed by atoms with Crippen molar-refractivity contribution in [1.29, 1.82) is 0 Å². The van der Waals surface area contributed by atoms with Gasteiger partial charge in [0.25, 0.3) is 0 Å². The summed E-state index contributed by atoms with van der Waals surface area (Å²) in [6.45, 7) is 1.82. The highest BCUT2D eigenvalue weighted by Gasteiger charge is 2.09. The van der Waals surface area contributed by atoms with Crippen molar-refractivity contribution in [3.8, 4) is 11.5 Å². The normalized spacial score (nSPS) is 12.3. The Bertz CT molecular complexity index is 778. The molecule has 0 aliphatic heterocycles. The van der Waals surface area contributed by atoms with Gasteiger partial charge in [-0.1, -0.05) is 42.5 Å². The zero-order valence-electron chi connectivity index (χ0n) is 11.7. The Morgan fingerprint density at radius 1 is 0.952 bits per heavy atom. The summed E-state index contributed by atoms with van der Waals surface area (Å²) in [5, 5.41) is 2.01. The van der Waals surface area contributed by atoms with Gasteiger partial charge in [0.05, 0.1) is 0 Å². The maximum atomic E-state index is 14.1. The summed E-state index contributed by atoms with van der Waals surface area (Å²) in [5.41, 5.74) is 6.50. The fraction of sp³-hybridized carbons (Fsp3) is 0.111. The van der Waals surface area contributed by atoms with Crippen LogP contribution in [0, 0.1) is 5.82 Å². The fourth-order valence-electron chi connectivity index (χ4n) is 2.29. The summed E-state index contributed by atoms with van der Waals surface area (Å²) in [7, 11) is 0. The van der Waals surface area contributed by atoms with Crippen LogP contribution in [0.4, 0.5) is 4.39 Å². The molecule has 2 N–H and O–H groups in total. The number of ether oxygens (including phenoxy) is 1. The molecule has 0 amide bonds. The van der Waals surface area contributed by atoms with Gasteiger partial charge in [-0.25, -0.2) is 4.39 Å². The average molecular weight is 281 g/mol. The van der Waals surface area contributed by atoms with Gasteiger partial charge in [0.15, 0.2) is 11.6 Å². The first-order chi connectivity index (χ1) is 10.1. The van der Waals surface area contributed by atoms with E-state index in [-0.39, 0.29) is 11.8 Å². The molecule has 106 valence electrons. The Morgan fingerprint density at radius 2 is 1.71 bits per heavy atom. The molecule has 0 bridgehead atoms. The second-order valence-electron chi connectivity index (χ2n) is 5.06. The molecule has 1 unspecified atom stereocenters. The number of hydrogen-bond acceptors (Lipinski definition) is 2. The van der Waals surface area contributed by atoms with Crippen molar-refractivity contribution in [3.63, 3.8) is 0 Å². The fourth-order valence-corrected chi connectivity index (χ4v) is 2.29. The minimum absolute atomic E-state index is 0.203. The number of rotatable bonds is 3. The molecule has 3 rings (SSSR count). The van der Waals surface area contributed by atoms with E-state index in [1.165, 1.54) is 6.07 Å². The molecular weight excluding hydrogens is 265 g/mol. The smallest absolute Gasteiger partial charge is 0.166 e. The van der Waals surface area contributed by atoms with Gasteiger partial charge in [0, 0.05) is 11.4 Å². The number of halogens is 1. The van der Waals surface area contributed by atoms with Crippen LogP contribution in [0.5, 0.6) is 11.5 Å². The molecule has 0 aliphatic rings. The molecule has 0 saturated carbocycles. The zero-order valence-corrected chi connectivity index (χ0v) is 11.7. The summed E-state index contributed by atoms with van der Waals surface area (Å²) < 4.78 is 19.9. The molecule has 0 heterocycles. The predicted octanol–water partition coefficient (Wildman–Crippen LogP) is 4.79. The topological polar surface area (TPSA) is 35.2 Å². The zero-order chi connectivity index (χ0) is 14.8. The molecule has 0 aliphatic carbocycles. The molecule has 2 nitrogen and oxygen atoms in total. The summed E-state index contributed by atoms with van der Waals surface area (Å²) in [4.78, 5) is 0. The van der Waals surface area contributed by atoms with Gasteiger partial charge in [0.2, 0.25) is 0 Å². The monoisotopic (exact) mass is 281 g/mol. The van der Waals surface area contributed by atoms with Crippen molar-refractivity contribution < 1.29 is 9.13 Å². The minimum atomic E-state index is -0.405. The van der Waals surface area contributed by atoms with Crippen LogP contribution in [0.3, 0.4) is 0 Å². The highest BCUT2D eigenvalue weighted by atomic mass is 19.1. The van der Waals surface area contributed by atoms with Crippen molar-refractivity contribution in [1.82, 2.24) is 0 Å². The standard InChI is InChI=1S/C18H16FNO/c1-12(20)14-9-10-18(16(19)11-14)21-17-8-4-6-13-5-2-3-7-15(13)17/h2-12H,20H2,1H3. The third-order valence-electron chi connectivity index (χ3n) is 3.45. The molecule has 0 saturated heterocycles. The molecule has 3 heteroatoms. The van der Waals surface area contributed by atoms with Crippen LogP contribution in [0.25, 0.3) is 10.8 Å². The molecule has 0 radical (unpaired) electrons. The highest BCUT2D eigenvalue weighted by Crippen LogP contribution is 2.31. The molecule has 21 heavy (non-hydrogen) atoms. The first-order valence-electron chi connectivity index (χ1n) is 6.86. The number of nitrogens with two attached hydrogens (primary N) is 1.